The predicted molar refractivity (Wildman–Crippen MR) is 86.0 cm³/mol. The van der Waals surface area contributed by atoms with E-state index in [1.165, 1.54) is 6.92 Å². The van der Waals surface area contributed by atoms with Gasteiger partial charge in [-0.1, -0.05) is 26.0 Å². The molecule has 1 aliphatic rings. The molecule has 0 radical (unpaired) electrons. The molecule has 1 aliphatic heterocycles. The third kappa shape index (κ3) is 3.83. The lowest BCUT2D eigenvalue weighted by atomic mass is 9.79. The molecule has 0 saturated carbocycles. The van der Waals surface area contributed by atoms with Gasteiger partial charge in [-0.25, -0.2) is 0 Å². The summed E-state index contributed by atoms with van der Waals surface area (Å²) in [4.78, 5) is 25.6. The van der Waals surface area contributed by atoms with Crippen LogP contribution in [0.3, 0.4) is 0 Å². The summed E-state index contributed by atoms with van der Waals surface area (Å²) in [6.45, 7) is 7.07. The van der Waals surface area contributed by atoms with Crippen molar-refractivity contribution in [2.24, 2.45) is 11.1 Å². The molecule has 1 fully saturated rings. The Hall–Kier alpha value is -1.39. The molecule has 5 heteroatoms. The first kappa shape index (κ1) is 17.7. The quantitative estimate of drug-likeness (QED) is 0.854. The molecule has 4 nitrogen and oxygen atoms in total. The maximum atomic E-state index is 12.5. The van der Waals surface area contributed by atoms with Crippen LogP contribution < -0.4 is 5.73 Å². The molecule has 1 aromatic carbocycles. The highest BCUT2D eigenvalue weighted by molar-refractivity contribution is 5.97. The van der Waals surface area contributed by atoms with Crippen LogP contribution in [0.15, 0.2) is 24.3 Å². The van der Waals surface area contributed by atoms with Gasteiger partial charge in [-0.3, -0.25) is 9.59 Å². The lowest BCUT2D eigenvalue weighted by Crippen LogP contribution is -2.53. The molecule has 1 amide bonds. The summed E-state index contributed by atoms with van der Waals surface area (Å²) >= 11 is 0. The van der Waals surface area contributed by atoms with Gasteiger partial charge in [0.2, 0.25) is 0 Å². The van der Waals surface area contributed by atoms with E-state index in [0.29, 0.717) is 24.2 Å². The molecule has 0 aliphatic carbocycles. The van der Waals surface area contributed by atoms with Gasteiger partial charge in [0.1, 0.15) is 0 Å². The van der Waals surface area contributed by atoms with Crippen LogP contribution in [0, 0.1) is 5.41 Å². The van der Waals surface area contributed by atoms with Gasteiger partial charge in [0.25, 0.3) is 5.91 Å². The molecule has 116 valence electrons. The van der Waals surface area contributed by atoms with E-state index in [-0.39, 0.29) is 35.6 Å². The number of amides is 1. The molecule has 0 bridgehead atoms. The normalized spacial score (nSPS) is 20.6. The monoisotopic (exact) mass is 310 g/mol. The van der Waals surface area contributed by atoms with Gasteiger partial charge in [0, 0.05) is 30.3 Å². The SMILES string of the molecule is CC(=O)c1ccc(C(=O)N2CCC(N)C(C)(C)C2)cc1.Cl. The van der Waals surface area contributed by atoms with E-state index in [2.05, 4.69) is 13.8 Å². The van der Waals surface area contributed by atoms with Crippen molar-refractivity contribution in [2.75, 3.05) is 13.1 Å². The second-order valence-corrected chi connectivity index (χ2v) is 6.24. The minimum absolute atomic E-state index is 0. The molecule has 0 aromatic heterocycles. The Labute approximate surface area is 132 Å². The summed E-state index contributed by atoms with van der Waals surface area (Å²) in [5, 5.41) is 0. The average Bonchev–Trinajstić information content (AvgIpc) is 2.41. The maximum Gasteiger partial charge on any atom is 0.253 e. The molecule has 0 spiro atoms. The zero-order valence-electron chi connectivity index (χ0n) is 12.8. The van der Waals surface area contributed by atoms with Crippen molar-refractivity contribution in [3.8, 4) is 0 Å². The van der Waals surface area contributed by atoms with Crippen molar-refractivity contribution in [2.45, 2.75) is 33.2 Å². The van der Waals surface area contributed by atoms with E-state index < -0.39 is 0 Å². The fraction of sp³-hybridized carbons (Fsp3) is 0.500. The lowest BCUT2D eigenvalue weighted by Gasteiger charge is -2.42. The average molecular weight is 311 g/mol. The number of hydrogen-bond acceptors (Lipinski definition) is 3. The van der Waals surface area contributed by atoms with Crippen LogP contribution in [0.2, 0.25) is 0 Å². The Bertz CT molecular complexity index is 526. The Morgan fingerprint density at radius 1 is 1.19 bits per heavy atom. The fourth-order valence-corrected chi connectivity index (χ4v) is 2.58. The van der Waals surface area contributed by atoms with Crippen LogP contribution in [0.5, 0.6) is 0 Å². The summed E-state index contributed by atoms with van der Waals surface area (Å²) < 4.78 is 0. The first-order valence-corrected chi connectivity index (χ1v) is 6.97. The first-order chi connectivity index (χ1) is 9.31. The highest BCUT2D eigenvalue weighted by atomic mass is 35.5. The molecule has 1 saturated heterocycles. The molecule has 2 rings (SSSR count). The molecule has 1 heterocycles. The number of rotatable bonds is 2. The molecule has 1 aromatic rings. The smallest absolute Gasteiger partial charge is 0.253 e. The number of benzene rings is 1. The maximum absolute atomic E-state index is 12.5. The Morgan fingerprint density at radius 2 is 1.71 bits per heavy atom. The number of piperidine rings is 1. The number of carbonyl (C=O) groups is 2. The van der Waals surface area contributed by atoms with Crippen molar-refractivity contribution in [3.05, 3.63) is 35.4 Å². The predicted octanol–water partition coefficient (Wildman–Crippen LogP) is 2.51. The largest absolute Gasteiger partial charge is 0.338 e. The summed E-state index contributed by atoms with van der Waals surface area (Å²) in [5.41, 5.74) is 7.28. The topological polar surface area (TPSA) is 63.4 Å². The molecular weight excluding hydrogens is 288 g/mol. The Morgan fingerprint density at radius 3 is 2.19 bits per heavy atom. The van der Waals surface area contributed by atoms with Gasteiger partial charge in [-0.2, -0.15) is 0 Å². The number of carbonyl (C=O) groups excluding carboxylic acids is 2. The van der Waals surface area contributed by atoms with E-state index in [1.54, 1.807) is 24.3 Å². The zero-order valence-corrected chi connectivity index (χ0v) is 13.6. The van der Waals surface area contributed by atoms with Gasteiger partial charge in [0.05, 0.1) is 0 Å². The third-order valence-electron chi connectivity index (χ3n) is 4.14. The van der Waals surface area contributed by atoms with E-state index in [4.69, 9.17) is 5.73 Å². The minimum Gasteiger partial charge on any atom is -0.338 e. The molecular formula is C16H23ClN2O2. The number of Topliss-reactive ketones (excluding diaryl/α,β-unsaturated/α-hetero) is 1. The van der Waals surface area contributed by atoms with Gasteiger partial charge in [0.15, 0.2) is 5.78 Å². The van der Waals surface area contributed by atoms with Crippen molar-refractivity contribution in [3.63, 3.8) is 0 Å². The van der Waals surface area contributed by atoms with Crippen molar-refractivity contribution < 1.29 is 9.59 Å². The summed E-state index contributed by atoms with van der Waals surface area (Å²) in [5.74, 6) is 0.0224. The number of nitrogens with two attached hydrogens (primary N) is 1. The minimum atomic E-state index is -0.0623. The van der Waals surface area contributed by atoms with Crippen LogP contribution >= 0.6 is 12.4 Å². The summed E-state index contributed by atoms with van der Waals surface area (Å²) in [7, 11) is 0. The van der Waals surface area contributed by atoms with Gasteiger partial charge < -0.3 is 10.6 Å². The van der Waals surface area contributed by atoms with Gasteiger partial charge in [-0.05, 0) is 30.9 Å². The second kappa shape index (κ2) is 6.58. The fourth-order valence-electron chi connectivity index (χ4n) is 2.58. The number of likely N-dealkylation sites (tertiary alicyclic amines) is 1. The summed E-state index contributed by atoms with van der Waals surface area (Å²) in [6, 6.07) is 6.99. The van der Waals surface area contributed by atoms with E-state index in [0.717, 1.165) is 6.42 Å². The molecule has 1 unspecified atom stereocenters. The number of hydrogen-bond donors (Lipinski definition) is 1. The van der Waals surface area contributed by atoms with Crippen LogP contribution in [0.25, 0.3) is 0 Å². The molecule has 21 heavy (non-hydrogen) atoms. The number of halogens is 1. The second-order valence-electron chi connectivity index (χ2n) is 6.24. The number of nitrogens with zero attached hydrogens (tertiary/aromatic N) is 1. The molecule has 2 N–H and O–H groups in total. The molecule has 1 atom stereocenters. The van der Waals surface area contributed by atoms with Crippen molar-refractivity contribution >= 4 is 24.1 Å². The van der Waals surface area contributed by atoms with Crippen LogP contribution in [0.4, 0.5) is 0 Å². The van der Waals surface area contributed by atoms with Crippen LogP contribution in [-0.4, -0.2) is 35.7 Å². The van der Waals surface area contributed by atoms with E-state index in [1.807, 2.05) is 4.90 Å². The highest BCUT2D eigenvalue weighted by Crippen LogP contribution is 2.28. The van der Waals surface area contributed by atoms with Crippen molar-refractivity contribution in [1.29, 1.82) is 0 Å². The first-order valence-electron chi connectivity index (χ1n) is 6.97. The highest BCUT2D eigenvalue weighted by Gasteiger charge is 2.35. The van der Waals surface area contributed by atoms with Crippen LogP contribution in [0.1, 0.15) is 47.9 Å². The van der Waals surface area contributed by atoms with Gasteiger partial charge in [-0.15, -0.1) is 12.4 Å². The third-order valence-corrected chi connectivity index (χ3v) is 4.14. The zero-order chi connectivity index (χ0) is 14.9. The standard InChI is InChI=1S/C16H22N2O2.ClH/c1-11(19)12-4-6-13(7-5-12)15(20)18-9-8-14(17)16(2,3)10-18;/h4-7,14H,8-10,17H2,1-3H3;1H. The van der Waals surface area contributed by atoms with Gasteiger partial charge >= 0.3 is 0 Å². The van der Waals surface area contributed by atoms with Crippen molar-refractivity contribution in [1.82, 2.24) is 4.90 Å². The number of ketones is 1. The van der Waals surface area contributed by atoms with Crippen LogP contribution in [-0.2, 0) is 0 Å². The van der Waals surface area contributed by atoms with E-state index in [9.17, 15) is 9.59 Å². The lowest BCUT2D eigenvalue weighted by molar-refractivity contribution is 0.0533. The Balaban J connectivity index is 0.00000220. The summed E-state index contributed by atoms with van der Waals surface area (Å²) in [6.07, 6.45) is 0.824. The Kier molecular flexibility index (Phi) is 5.54. The van der Waals surface area contributed by atoms with E-state index >= 15 is 0 Å².